The van der Waals surface area contributed by atoms with E-state index in [1.807, 2.05) is 23.8 Å². The van der Waals surface area contributed by atoms with E-state index in [1.165, 1.54) is 10.9 Å². The summed E-state index contributed by atoms with van der Waals surface area (Å²) in [7, 11) is 0. The molecule has 3 unspecified atom stereocenters. The van der Waals surface area contributed by atoms with Gasteiger partial charge in [-0.05, 0) is 66.3 Å². The summed E-state index contributed by atoms with van der Waals surface area (Å²) in [6, 6.07) is 14.8. The van der Waals surface area contributed by atoms with Gasteiger partial charge in [0.15, 0.2) is 0 Å². The number of pyridine rings is 1. The maximum absolute atomic E-state index is 13.7. The molecule has 5 aromatic rings. The van der Waals surface area contributed by atoms with Crippen LogP contribution in [-0.2, 0) is 0 Å². The molecule has 3 atom stereocenters. The van der Waals surface area contributed by atoms with E-state index in [9.17, 15) is 13.6 Å². The SMILES string of the molecule is Cc1[nH]nc2cc(C3=CN=C(C4C5CC5c5cc(-c6cc(Cl)ccc6-n6cc(C(F)F)nn6)cc(=O)n54)C3)ccc12. The average Bonchev–Trinajstić information content (AvgIpc) is 3.36. The maximum atomic E-state index is 13.7. The molecule has 1 saturated carbocycles. The summed E-state index contributed by atoms with van der Waals surface area (Å²) >= 11 is 6.33. The Labute approximate surface area is 237 Å². The first-order valence-electron chi connectivity index (χ1n) is 13.3. The highest BCUT2D eigenvalue weighted by Crippen LogP contribution is 2.60. The molecular formula is C30H22ClF2N7O. The third-order valence-electron chi connectivity index (χ3n) is 8.47. The molecule has 1 N–H and O–H groups in total. The van der Waals surface area contributed by atoms with Crippen LogP contribution in [0.1, 0.15) is 53.9 Å². The summed E-state index contributed by atoms with van der Waals surface area (Å²) < 4.78 is 29.5. The van der Waals surface area contributed by atoms with Gasteiger partial charge in [-0.3, -0.25) is 14.9 Å². The van der Waals surface area contributed by atoms with Crippen LogP contribution in [0.4, 0.5) is 8.78 Å². The number of aryl methyl sites for hydroxylation is 1. The molecule has 2 aliphatic heterocycles. The Morgan fingerprint density at radius 2 is 1.98 bits per heavy atom. The van der Waals surface area contributed by atoms with E-state index in [1.54, 1.807) is 24.3 Å². The van der Waals surface area contributed by atoms with Gasteiger partial charge in [-0.2, -0.15) is 5.10 Å². The minimum Gasteiger partial charge on any atom is -0.303 e. The van der Waals surface area contributed by atoms with Gasteiger partial charge in [0.25, 0.3) is 12.0 Å². The van der Waals surface area contributed by atoms with Gasteiger partial charge in [0, 0.05) is 57.7 Å². The molecule has 41 heavy (non-hydrogen) atoms. The van der Waals surface area contributed by atoms with Crippen molar-refractivity contribution in [1.82, 2.24) is 29.8 Å². The van der Waals surface area contributed by atoms with Gasteiger partial charge >= 0.3 is 0 Å². The molecule has 0 bridgehead atoms. The number of fused-ring (bicyclic) bond motifs is 4. The Morgan fingerprint density at radius 3 is 2.80 bits per heavy atom. The first-order valence-corrected chi connectivity index (χ1v) is 13.7. The number of allylic oxidation sites excluding steroid dienone is 1. The number of rotatable bonds is 5. The van der Waals surface area contributed by atoms with Gasteiger partial charge in [-0.25, -0.2) is 13.5 Å². The van der Waals surface area contributed by atoms with Crippen LogP contribution in [0.3, 0.4) is 0 Å². The van der Waals surface area contributed by atoms with Crippen LogP contribution in [0.25, 0.3) is 33.3 Å². The van der Waals surface area contributed by atoms with Crippen molar-refractivity contribution < 1.29 is 8.78 Å². The Morgan fingerprint density at radius 1 is 1.10 bits per heavy atom. The van der Waals surface area contributed by atoms with E-state index in [4.69, 9.17) is 16.6 Å². The van der Waals surface area contributed by atoms with Crippen molar-refractivity contribution in [3.63, 3.8) is 0 Å². The third-order valence-corrected chi connectivity index (χ3v) is 8.70. The van der Waals surface area contributed by atoms with Crippen LogP contribution in [0.5, 0.6) is 0 Å². The quantitative estimate of drug-likeness (QED) is 0.264. The Bertz CT molecular complexity index is 2020. The lowest BCUT2D eigenvalue weighted by molar-refractivity contribution is 0.146. The summed E-state index contributed by atoms with van der Waals surface area (Å²) in [6.07, 6.45) is 2.03. The predicted molar refractivity (Wildman–Crippen MR) is 152 cm³/mol. The monoisotopic (exact) mass is 569 g/mol. The van der Waals surface area contributed by atoms with Gasteiger partial charge in [0.1, 0.15) is 5.69 Å². The van der Waals surface area contributed by atoms with Gasteiger partial charge in [-0.15, -0.1) is 5.10 Å². The molecule has 0 amide bonds. The average molecular weight is 570 g/mol. The van der Waals surface area contributed by atoms with Crippen molar-refractivity contribution >= 4 is 33.8 Å². The lowest BCUT2D eigenvalue weighted by Crippen LogP contribution is -2.29. The lowest BCUT2D eigenvalue weighted by atomic mass is 9.97. The summed E-state index contributed by atoms with van der Waals surface area (Å²) in [5, 5.41) is 16.5. The number of hydrogen-bond acceptors (Lipinski definition) is 5. The van der Waals surface area contributed by atoms with Crippen LogP contribution in [-0.4, -0.2) is 35.5 Å². The Kier molecular flexibility index (Phi) is 5.22. The molecular weight excluding hydrogens is 548 g/mol. The molecule has 5 heterocycles. The molecule has 1 aliphatic carbocycles. The number of benzene rings is 2. The van der Waals surface area contributed by atoms with Crippen molar-refractivity contribution in [3.8, 4) is 16.8 Å². The second kappa shape index (κ2) is 8.78. The van der Waals surface area contributed by atoms with E-state index < -0.39 is 12.1 Å². The van der Waals surface area contributed by atoms with Crippen LogP contribution in [0, 0.1) is 12.8 Å². The van der Waals surface area contributed by atoms with Crippen molar-refractivity contribution in [3.05, 3.63) is 98.9 Å². The third kappa shape index (κ3) is 3.81. The molecule has 8 nitrogen and oxygen atoms in total. The largest absolute Gasteiger partial charge is 0.303 e. The fraction of sp³-hybridized carbons (Fsp3) is 0.233. The summed E-state index contributed by atoms with van der Waals surface area (Å²) in [5.41, 5.74) is 7.34. The minimum absolute atomic E-state index is 0.0931. The van der Waals surface area contributed by atoms with Crippen molar-refractivity contribution in [2.24, 2.45) is 10.9 Å². The predicted octanol–water partition coefficient (Wildman–Crippen LogP) is 6.42. The molecule has 3 aliphatic rings. The molecule has 3 aromatic heterocycles. The first-order chi connectivity index (χ1) is 19.9. The Hall–Kier alpha value is -4.44. The Balaban J connectivity index is 1.13. The lowest BCUT2D eigenvalue weighted by Gasteiger charge is -2.20. The molecule has 2 aromatic carbocycles. The van der Waals surface area contributed by atoms with Gasteiger partial charge in [0.2, 0.25) is 0 Å². The van der Waals surface area contributed by atoms with Gasteiger partial charge in [0.05, 0.1) is 23.4 Å². The number of aromatic nitrogens is 6. The molecule has 0 saturated heterocycles. The summed E-state index contributed by atoms with van der Waals surface area (Å²) in [4.78, 5) is 18.5. The highest BCUT2D eigenvalue weighted by molar-refractivity contribution is 6.31. The standard InChI is InChI=1S/C30H22ClF2N7O/c1-14-19-4-2-15(6-23(19)36-35-14)17-7-24(34-12-17)29-22-11-21(22)27-8-16(9-28(41)40(27)29)20-10-18(31)3-5-26(20)39-13-25(30(32)33)37-38-39/h2-6,8-10,12-13,21-22,29-30H,7,11H2,1H3,(H,35,36). The topological polar surface area (TPSA) is 93.8 Å². The zero-order chi connectivity index (χ0) is 28.0. The fourth-order valence-electron chi connectivity index (χ4n) is 6.41. The van der Waals surface area contributed by atoms with E-state index in [0.29, 0.717) is 34.2 Å². The van der Waals surface area contributed by atoms with E-state index in [0.717, 1.165) is 45.6 Å². The normalized spacial score (nSPS) is 20.9. The molecule has 0 spiro atoms. The number of nitrogens with one attached hydrogen (secondary N) is 1. The summed E-state index contributed by atoms with van der Waals surface area (Å²) in [5.74, 6) is 0.589. The molecule has 8 rings (SSSR count). The van der Waals surface area contributed by atoms with Crippen LogP contribution in [0.2, 0.25) is 5.02 Å². The molecule has 1 fully saturated rings. The number of hydrogen-bond donors (Lipinski definition) is 1. The van der Waals surface area contributed by atoms with E-state index in [-0.39, 0.29) is 17.5 Å². The van der Waals surface area contributed by atoms with Crippen LogP contribution in [0.15, 0.2) is 70.7 Å². The number of aliphatic imine (C=N–C) groups is 1. The highest BCUT2D eigenvalue weighted by atomic mass is 35.5. The fourth-order valence-corrected chi connectivity index (χ4v) is 6.59. The zero-order valence-corrected chi connectivity index (χ0v) is 22.5. The van der Waals surface area contributed by atoms with Gasteiger partial charge < -0.3 is 4.57 Å². The first kappa shape index (κ1) is 24.4. The molecule has 204 valence electrons. The van der Waals surface area contributed by atoms with Crippen LogP contribution < -0.4 is 5.56 Å². The second-order valence-corrected chi connectivity index (χ2v) is 11.3. The number of alkyl halides is 2. The molecule has 0 radical (unpaired) electrons. The number of nitrogens with zero attached hydrogens (tertiary/aromatic N) is 6. The maximum Gasteiger partial charge on any atom is 0.283 e. The summed E-state index contributed by atoms with van der Waals surface area (Å²) in [6.45, 7) is 2.00. The van der Waals surface area contributed by atoms with Crippen molar-refractivity contribution in [1.29, 1.82) is 0 Å². The van der Waals surface area contributed by atoms with E-state index in [2.05, 4.69) is 38.7 Å². The van der Waals surface area contributed by atoms with Gasteiger partial charge in [-0.1, -0.05) is 28.9 Å². The zero-order valence-electron chi connectivity index (χ0n) is 21.7. The molecule has 11 heteroatoms. The highest BCUT2D eigenvalue weighted by Gasteiger charge is 2.54. The minimum atomic E-state index is -2.74. The smallest absolute Gasteiger partial charge is 0.283 e. The number of aromatic amines is 1. The van der Waals surface area contributed by atoms with Crippen molar-refractivity contribution in [2.45, 2.75) is 38.2 Å². The van der Waals surface area contributed by atoms with E-state index >= 15 is 0 Å². The van der Waals surface area contributed by atoms with Crippen LogP contribution >= 0.6 is 11.6 Å². The number of halogens is 3. The van der Waals surface area contributed by atoms with Crippen molar-refractivity contribution in [2.75, 3.05) is 0 Å². The second-order valence-electron chi connectivity index (χ2n) is 10.9. The number of H-pyrrole nitrogens is 1.